The SMILES string of the molecule is C[C@]12C=CC(=O)C=C1C(=O)C[C@H]1[C@@H]3CC[C@H](C(=O)O)[C@@]3(CO)CC[C@@H]12. The molecule has 2 N–H and O–H groups in total. The number of carboxylic acids is 1. The fourth-order valence-corrected chi connectivity index (χ4v) is 6.52. The predicted molar refractivity (Wildman–Crippen MR) is 89.5 cm³/mol. The number of aliphatic carboxylic acids is 1. The first-order valence-corrected chi connectivity index (χ1v) is 9.16. The normalized spacial score (nSPS) is 45.4. The summed E-state index contributed by atoms with van der Waals surface area (Å²) in [6.07, 6.45) is 8.08. The first kappa shape index (κ1) is 16.7. The molecule has 3 saturated carbocycles. The van der Waals surface area contributed by atoms with Crippen LogP contribution < -0.4 is 0 Å². The molecule has 0 radical (unpaired) electrons. The third-order valence-electron chi connectivity index (χ3n) is 7.70. The minimum absolute atomic E-state index is 0.00830. The van der Waals surface area contributed by atoms with Crippen molar-refractivity contribution in [2.75, 3.05) is 6.61 Å². The van der Waals surface area contributed by atoms with Crippen LogP contribution in [0.2, 0.25) is 0 Å². The first-order chi connectivity index (χ1) is 11.8. The van der Waals surface area contributed by atoms with E-state index >= 15 is 0 Å². The molecule has 0 aromatic carbocycles. The van der Waals surface area contributed by atoms with Gasteiger partial charge in [0.1, 0.15) is 0 Å². The Bertz CT molecular complexity index is 720. The molecule has 4 rings (SSSR count). The minimum Gasteiger partial charge on any atom is -0.481 e. The summed E-state index contributed by atoms with van der Waals surface area (Å²) in [4.78, 5) is 36.3. The minimum atomic E-state index is -0.827. The van der Waals surface area contributed by atoms with Crippen LogP contribution in [-0.4, -0.2) is 34.4 Å². The number of Topliss-reactive ketones (excluding diaryl/α,β-unsaturated/α-hetero) is 1. The maximum absolute atomic E-state index is 12.8. The molecule has 0 heterocycles. The lowest BCUT2D eigenvalue weighted by Gasteiger charge is -2.56. The number of allylic oxidation sites excluding steroid dienone is 4. The largest absolute Gasteiger partial charge is 0.481 e. The number of aliphatic hydroxyl groups excluding tert-OH is 1. The second kappa shape index (κ2) is 5.37. The summed E-state index contributed by atoms with van der Waals surface area (Å²) in [7, 11) is 0. The Kier molecular flexibility index (Phi) is 3.59. The number of fused-ring (bicyclic) bond motifs is 5. The van der Waals surface area contributed by atoms with Gasteiger partial charge in [-0.15, -0.1) is 0 Å². The number of ketones is 2. The van der Waals surface area contributed by atoms with Crippen LogP contribution in [0, 0.1) is 34.5 Å². The third kappa shape index (κ3) is 2.08. The maximum atomic E-state index is 12.8. The van der Waals surface area contributed by atoms with Gasteiger partial charge in [-0.1, -0.05) is 13.0 Å². The zero-order chi connectivity index (χ0) is 18.0. The van der Waals surface area contributed by atoms with Crippen molar-refractivity contribution in [2.45, 2.75) is 39.0 Å². The van der Waals surface area contributed by atoms with Crippen molar-refractivity contribution in [2.24, 2.45) is 34.5 Å². The third-order valence-corrected chi connectivity index (χ3v) is 7.70. The van der Waals surface area contributed by atoms with Crippen molar-refractivity contribution >= 4 is 17.5 Å². The summed E-state index contributed by atoms with van der Waals surface area (Å²) in [5, 5.41) is 19.8. The number of hydrogen-bond acceptors (Lipinski definition) is 4. The van der Waals surface area contributed by atoms with Crippen LogP contribution in [0.15, 0.2) is 23.8 Å². The van der Waals surface area contributed by atoms with E-state index in [1.165, 1.54) is 6.08 Å². The predicted octanol–water partition coefficient (Wildman–Crippen LogP) is 2.15. The quantitative estimate of drug-likeness (QED) is 0.801. The number of rotatable bonds is 2. The van der Waals surface area contributed by atoms with E-state index < -0.39 is 22.7 Å². The lowest BCUT2D eigenvalue weighted by molar-refractivity contribution is -0.153. The summed E-state index contributed by atoms with van der Waals surface area (Å²) >= 11 is 0. The topological polar surface area (TPSA) is 91.7 Å². The highest BCUT2D eigenvalue weighted by atomic mass is 16.4. The molecule has 4 aliphatic rings. The molecule has 0 aromatic heterocycles. The Morgan fingerprint density at radius 1 is 1.24 bits per heavy atom. The Morgan fingerprint density at radius 2 is 2.00 bits per heavy atom. The molecule has 134 valence electrons. The van der Waals surface area contributed by atoms with Crippen molar-refractivity contribution in [3.05, 3.63) is 23.8 Å². The fraction of sp³-hybridized carbons (Fsp3) is 0.650. The van der Waals surface area contributed by atoms with E-state index in [0.717, 1.165) is 12.8 Å². The highest BCUT2D eigenvalue weighted by molar-refractivity contribution is 6.10. The highest BCUT2D eigenvalue weighted by Crippen LogP contribution is 2.65. The summed E-state index contributed by atoms with van der Waals surface area (Å²) < 4.78 is 0. The van der Waals surface area contributed by atoms with Crippen LogP contribution in [0.1, 0.15) is 39.0 Å². The second-order valence-corrected chi connectivity index (χ2v) is 8.48. The van der Waals surface area contributed by atoms with Crippen LogP contribution in [0.4, 0.5) is 0 Å². The van der Waals surface area contributed by atoms with E-state index in [0.29, 0.717) is 24.8 Å². The van der Waals surface area contributed by atoms with Crippen molar-refractivity contribution < 1.29 is 24.6 Å². The van der Waals surface area contributed by atoms with Gasteiger partial charge in [-0.2, -0.15) is 0 Å². The van der Waals surface area contributed by atoms with E-state index in [4.69, 9.17) is 0 Å². The lowest BCUT2D eigenvalue weighted by Crippen LogP contribution is -2.54. The van der Waals surface area contributed by atoms with Crippen LogP contribution in [-0.2, 0) is 14.4 Å². The van der Waals surface area contributed by atoms with E-state index in [9.17, 15) is 24.6 Å². The number of carboxylic acid groups (broad SMARTS) is 1. The maximum Gasteiger partial charge on any atom is 0.307 e. The zero-order valence-electron chi connectivity index (χ0n) is 14.4. The van der Waals surface area contributed by atoms with Gasteiger partial charge in [0.15, 0.2) is 11.6 Å². The van der Waals surface area contributed by atoms with Gasteiger partial charge in [0.25, 0.3) is 0 Å². The molecule has 0 unspecified atom stereocenters. The van der Waals surface area contributed by atoms with E-state index in [1.807, 2.05) is 13.0 Å². The second-order valence-electron chi connectivity index (χ2n) is 8.48. The number of hydrogen-bond donors (Lipinski definition) is 2. The molecule has 5 heteroatoms. The van der Waals surface area contributed by atoms with Crippen molar-refractivity contribution in [1.29, 1.82) is 0 Å². The molecule has 0 aromatic rings. The zero-order valence-corrected chi connectivity index (χ0v) is 14.4. The molecule has 0 spiro atoms. The van der Waals surface area contributed by atoms with Crippen LogP contribution in [0.3, 0.4) is 0 Å². The monoisotopic (exact) mass is 344 g/mol. The molecule has 0 amide bonds. The average molecular weight is 344 g/mol. The summed E-state index contributed by atoms with van der Waals surface area (Å²) in [5.74, 6) is -1.11. The standard InChI is InChI=1S/C20H24O5/c1-19-6-4-11(22)8-16(19)17(23)9-12-13(19)5-7-20(10-21)14(12)2-3-15(20)18(24)25/h4,6,8,12-15,21H,2-3,5,7,9-10H2,1H3,(H,24,25)/t12-,13+,14+,15-,19-,20-/m1/s1. The molecule has 0 bridgehead atoms. The van der Waals surface area contributed by atoms with Gasteiger partial charge in [-0.3, -0.25) is 14.4 Å². The van der Waals surface area contributed by atoms with E-state index in [1.54, 1.807) is 6.08 Å². The van der Waals surface area contributed by atoms with Gasteiger partial charge >= 0.3 is 5.97 Å². The van der Waals surface area contributed by atoms with Crippen molar-refractivity contribution in [3.8, 4) is 0 Å². The molecule has 3 fully saturated rings. The molecule has 6 atom stereocenters. The van der Waals surface area contributed by atoms with Crippen LogP contribution >= 0.6 is 0 Å². The molecule has 0 saturated heterocycles. The molecular formula is C20H24O5. The Hall–Kier alpha value is -1.75. The van der Waals surface area contributed by atoms with E-state index in [2.05, 4.69) is 0 Å². The Labute approximate surface area is 146 Å². The first-order valence-electron chi connectivity index (χ1n) is 9.16. The number of carbonyl (C=O) groups is 3. The molecule has 4 aliphatic carbocycles. The van der Waals surface area contributed by atoms with Gasteiger partial charge in [0, 0.05) is 29.4 Å². The average Bonchev–Trinajstić information content (AvgIpc) is 2.97. The summed E-state index contributed by atoms with van der Waals surface area (Å²) in [5.41, 5.74) is -0.430. The number of aliphatic hydroxyl groups is 1. The van der Waals surface area contributed by atoms with E-state index in [-0.39, 0.29) is 35.9 Å². The summed E-state index contributed by atoms with van der Waals surface area (Å²) in [6, 6.07) is 0. The van der Waals surface area contributed by atoms with Crippen LogP contribution in [0.25, 0.3) is 0 Å². The lowest BCUT2D eigenvalue weighted by atomic mass is 9.47. The fourth-order valence-electron chi connectivity index (χ4n) is 6.52. The smallest absolute Gasteiger partial charge is 0.307 e. The molecular weight excluding hydrogens is 320 g/mol. The van der Waals surface area contributed by atoms with Gasteiger partial charge in [0.05, 0.1) is 5.92 Å². The summed E-state index contributed by atoms with van der Waals surface area (Å²) in [6.45, 7) is 1.91. The van der Waals surface area contributed by atoms with Crippen LogP contribution in [0.5, 0.6) is 0 Å². The Morgan fingerprint density at radius 3 is 2.68 bits per heavy atom. The molecule has 5 nitrogen and oxygen atoms in total. The van der Waals surface area contributed by atoms with Crippen molar-refractivity contribution in [3.63, 3.8) is 0 Å². The number of carbonyl (C=O) groups excluding carboxylic acids is 2. The Balaban J connectivity index is 1.75. The van der Waals surface area contributed by atoms with Gasteiger partial charge in [-0.05, 0) is 55.6 Å². The van der Waals surface area contributed by atoms with Gasteiger partial charge < -0.3 is 10.2 Å². The highest BCUT2D eigenvalue weighted by Gasteiger charge is 2.63. The van der Waals surface area contributed by atoms with Crippen molar-refractivity contribution in [1.82, 2.24) is 0 Å². The van der Waals surface area contributed by atoms with Gasteiger partial charge in [0.2, 0.25) is 0 Å². The van der Waals surface area contributed by atoms with Gasteiger partial charge in [-0.25, -0.2) is 0 Å². The molecule has 25 heavy (non-hydrogen) atoms. The molecule has 0 aliphatic heterocycles.